The molecule has 1 fully saturated rings. The standard InChI is InChI=1S/C15H19N3O2/c1-17-9-12(10-18-6-4-16-5-7-18)13-8-11(15(19)20)2-3-14(13)17/h2-3,8-9,16H,4-7,10H2,1H3,(H,19,20). The van der Waals surface area contributed by atoms with Gasteiger partial charge in [-0.25, -0.2) is 4.79 Å². The zero-order valence-electron chi connectivity index (χ0n) is 11.6. The molecule has 0 amide bonds. The van der Waals surface area contributed by atoms with E-state index < -0.39 is 5.97 Å². The third-order valence-corrected chi connectivity index (χ3v) is 3.92. The number of carbonyl (C=O) groups is 1. The molecule has 20 heavy (non-hydrogen) atoms. The maximum Gasteiger partial charge on any atom is 0.335 e. The van der Waals surface area contributed by atoms with Gasteiger partial charge in [0.1, 0.15) is 0 Å². The van der Waals surface area contributed by atoms with Gasteiger partial charge in [0.15, 0.2) is 0 Å². The highest BCUT2D eigenvalue weighted by Crippen LogP contribution is 2.23. The summed E-state index contributed by atoms with van der Waals surface area (Å²) in [7, 11) is 2.00. The van der Waals surface area contributed by atoms with E-state index in [1.807, 2.05) is 13.1 Å². The first-order valence-corrected chi connectivity index (χ1v) is 6.89. The summed E-state index contributed by atoms with van der Waals surface area (Å²) in [6, 6.07) is 5.34. The Morgan fingerprint density at radius 2 is 2.10 bits per heavy atom. The Labute approximate surface area is 117 Å². The number of aromatic nitrogens is 1. The van der Waals surface area contributed by atoms with E-state index in [0.29, 0.717) is 5.56 Å². The minimum Gasteiger partial charge on any atom is -0.478 e. The quantitative estimate of drug-likeness (QED) is 0.884. The van der Waals surface area contributed by atoms with Gasteiger partial charge in [0.25, 0.3) is 0 Å². The van der Waals surface area contributed by atoms with Crippen molar-refractivity contribution < 1.29 is 9.90 Å². The molecular weight excluding hydrogens is 254 g/mol. The first-order chi connectivity index (χ1) is 9.65. The number of carboxylic acid groups (broad SMARTS) is 1. The maximum atomic E-state index is 11.1. The number of hydrogen-bond acceptors (Lipinski definition) is 3. The van der Waals surface area contributed by atoms with Crippen LogP contribution in [0.15, 0.2) is 24.4 Å². The lowest BCUT2D eigenvalue weighted by Gasteiger charge is -2.26. The summed E-state index contributed by atoms with van der Waals surface area (Å²) in [4.78, 5) is 13.5. The van der Waals surface area contributed by atoms with E-state index in [1.165, 1.54) is 5.56 Å². The van der Waals surface area contributed by atoms with Gasteiger partial charge in [-0.05, 0) is 23.8 Å². The van der Waals surface area contributed by atoms with Crippen LogP contribution in [0.25, 0.3) is 10.9 Å². The van der Waals surface area contributed by atoms with Crippen molar-refractivity contribution in [3.05, 3.63) is 35.5 Å². The van der Waals surface area contributed by atoms with E-state index in [-0.39, 0.29) is 0 Å². The van der Waals surface area contributed by atoms with Crippen molar-refractivity contribution >= 4 is 16.9 Å². The second kappa shape index (κ2) is 5.26. The third kappa shape index (κ3) is 2.42. The van der Waals surface area contributed by atoms with Crippen molar-refractivity contribution in [1.82, 2.24) is 14.8 Å². The lowest BCUT2D eigenvalue weighted by molar-refractivity contribution is 0.0697. The Morgan fingerprint density at radius 3 is 2.80 bits per heavy atom. The summed E-state index contributed by atoms with van der Waals surface area (Å²) in [5.74, 6) is -0.871. The van der Waals surface area contributed by atoms with E-state index in [1.54, 1.807) is 12.1 Å². The summed E-state index contributed by atoms with van der Waals surface area (Å²) in [6.45, 7) is 4.99. The smallest absolute Gasteiger partial charge is 0.335 e. The fourth-order valence-electron chi connectivity index (χ4n) is 2.84. The van der Waals surface area contributed by atoms with E-state index >= 15 is 0 Å². The Morgan fingerprint density at radius 1 is 1.35 bits per heavy atom. The summed E-state index contributed by atoms with van der Waals surface area (Å²) in [5, 5.41) is 13.5. The predicted octanol–water partition coefficient (Wildman–Crippen LogP) is 1.28. The fraction of sp³-hybridized carbons (Fsp3) is 0.400. The molecule has 0 radical (unpaired) electrons. The van der Waals surface area contributed by atoms with Gasteiger partial charge in [-0.2, -0.15) is 0 Å². The molecule has 0 aliphatic carbocycles. The van der Waals surface area contributed by atoms with Gasteiger partial charge in [-0.1, -0.05) is 0 Å². The van der Waals surface area contributed by atoms with Crippen molar-refractivity contribution in [2.45, 2.75) is 6.54 Å². The van der Waals surface area contributed by atoms with Crippen LogP contribution in [0.4, 0.5) is 0 Å². The van der Waals surface area contributed by atoms with Crippen molar-refractivity contribution in [3.8, 4) is 0 Å². The molecule has 5 heteroatoms. The van der Waals surface area contributed by atoms with Crippen LogP contribution in [0.5, 0.6) is 0 Å². The molecule has 2 N–H and O–H groups in total. The molecule has 0 saturated carbocycles. The number of aromatic carboxylic acids is 1. The molecule has 5 nitrogen and oxygen atoms in total. The van der Waals surface area contributed by atoms with Gasteiger partial charge in [0.05, 0.1) is 5.56 Å². The lowest BCUT2D eigenvalue weighted by Crippen LogP contribution is -2.42. The lowest BCUT2D eigenvalue weighted by atomic mass is 10.1. The number of carboxylic acids is 1. The first-order valence-electron chi connectivity index (χ1n) is 6.89. The van der Waals surface area contributed by atoms with Crippen LogP contribution in [0.2, 0.25) is 0 Å². The third-order valence-electron chi connectivity index (χ3n) is 3.92. The van der Waals surface area contributed by atoms with E-state index in [2.05, 4.69) is 21.0 Å². The molecule has 2 heterocycles. The Bertz CT molecular complexity index is 642. The number of hydrogen-bond donors (Lipinski definition) is 2. The molecule has 0 spiro atoms. The highest BCUT2D eigenvalue weighted by molar-refractivity contribution is 5.94. The van der Waals surface area contributed by atoms with Gasteiger partial charge in [0.2, 0.25) is 0 Å². The van der Waals surface area contributed by atoms with Crippen LogP contribution in [0, 0.1) is 0 Å². The van der Waals surface area contributed by atoms with E-state index in [4.69, 9.17) is 5.11 Å². The Balaban J connectivity index is 1.96. The predicted molar refractivity (Wildman–Crippen MR) is 78.0 cm³/mol. The number of piperazine rings is 1. The van der Waals surface area contributed by atoms with Gasteiger partial charge in [0, 0.05) is 56.9 Å². The van der Waals surface area contributed by atoms with Crippen LogP contribution in [0.3, 0.4) is 0 Å². The molecule has 1 saturated heterocycles. The Hall–Kier alpha value is -1.85. The van der Waals surface area contributed by atoms with Crippen molar-refractivity contribution in [2.24, 2.45) is 7.05 Å². The number of aryl methyl sites for hydroxylation is 1. The molecule has 3 rings (SSSR count). The van der Waals surface area contributed by atoms with E-state index in [9.17, 15) is 4.79 Å². The van der Waals surface area contributed by atoms with Crippen molar-refractivity contribution in [3.63, 3.8) is 0 Å². The summed E-state index contributed by atoms with van der Waals surface area (Å²) >= 11 is 0. The van der Waals surface area contributed by atoms with Gasteiger partial charge in [-0.3, -0.25) is 4.90 Å². The highest BCUT2D eigenvalue weighted by Gasteiger charge is 2.15. The van der Waals surface area contributed by atoms with Gasteiger partial charge >= 0.3 is 5.97 Å². The summed E-state index contributed by atoms with van der Waals surface area (Å²) in [6.07, 6.45) is 2.11. The molecule has 2 aromatic rings. The van der Waals surface area contributed by atoms with Crippen LogP contribution < -0.4 is 5.32 Å². The molecule has 0 unspecified atom stereocenters. The topological polar surface area (TPSA) is 57.5 Å². The summed E-state index contributed by atoms with van der Waals surface area (Å²) < 4.78 is 2.07. The number of rotatable bonds is 3. The minimum atomic E-state index is -0.871. The second-order valence-electron chi connectivity index (χ2n) is 5.33. The number of benzene rings is 1. The average Bonchev–Trinajstić information content (AvgIpc) is 2.76. The number of fused-ring (bicyclic) bond motifs is 1. The molecule has 0 bridgehead atoms. The molecule has 1 aromatic heterocycles. The second-order valence-corrected chi connectivity index (χ2v) is 5.33. The monoisotopic (exact) mass is 273 g/mol. The van der Waals surface area contributed by atoms with Gasteiger partial charge < -0.3 is 15.0 Å². The molecule has 1 aliphatic rings. The zero-order chi connectivity index (χ0) is 14.1. The zero-order valence-corrected chi connectivity index (χ0v) is 11.6. The summed E-state index contributed by atoms with van der Waals surface area (Å²) in [5.41, 5.74) is 2.64. The normalized spacial score (nSPS) is 16.6. The maximum absolute atomic E-state index is 11.1. The Kier molecular flexibility index (Phi) is 3.46. The molecule has 106 valence electrons. The van der Waals surface area contributed by atoms with Crippen molar-refractivity contribution in [1.29, 1.82) is 0 Å². The first kappa shape index (κ1) is 13.1. The van der Waals surface area contributed by atoms with Crippen LogP contribution >= 0.6 is 0 Å². The SMILES string of the molecule is Cn1cc(CN2CCNCC2)c2cc(C(=O)O)ccc21. The molecule has 0 atom stereocenters. The largest absolute Gasteiger partial charge is 0.478 e. The van der Waals surface area contributed by atoms with E-state index in [0.717, 1.165) is 43.6 Å². The van der Waals surface area contributed by atoms with Gasteiger partial charge in [-0.15, -0.1) is 0 Å². The van der Waals surface area contributed by atoms with Crippen LogP contribution in [0.1, 0.15) is 15.9 Å². The van der Waals surface area contributed by atoms with Crippen molar-refractivity contribution in [2.75, 3.05) is 26.2 Å². The molecule has 1 aromatic carbocycles. The highest BCUT2D eigenvalue weighted by atomic mass is 16.4. The fourth-order valence-corrected chi connectivity index (χ4v) is 2.84. The molecule has 1 aliphatic heterocycles. The average molecular weight is 273 g/mol. The molecular formula is C15H19N3O2. The van der Waals surface area contributed by atoms with Crippen LogP contribution in [-0.2, 0) is 13.6 Å². The number of nitrogens with one attached hydrogen (secondary N) is 1. The minimum absolute atomic E-state index is 0.352. The number of nitrogens with zero attached hydrogens (tertiary/aromatic N) is 2. The van der Waals surface area contributed by atoms with Crippen LogP contribution in [-0.4, -0.2) is 46.7 Å².